The molecule has 2 heterocycles. The molecule has 0 bridgehead atoms. The highest BCUT2D eigenvalue weighted by atomic mass is 35.5. The topological polar surface area (TPSA) is 101 Å². The highest BCUT2D eigenvalue weighted by Crippen LogP contribution is 2.12. The Balaban J connectivity index is 1.85. The van der Waals surface area contributed by atoms with Gasteiger partial charge in [0.1, 0.15) is 5.82 Å². The molecule has 1 aliphatic rings. The fraction of sp³-hybridized carbons (Fsp3) is 0.462. The molecule has 0 spiro atoms. The molecule has 1 fully saturated rings. The monoisotopic (exact) mass is 327 g/mol. The lowest BCUT2D eigenvalue weighted by Crippen LogP contribution is -2.37. The van der Waals surface area contributed by atoms with Crippen molar-refractivity contribution < 1.29 is 9.66 Å². The maximum absolute atomic E-state index is 10.7. The molecule has 0 aromatic carbocycles. The number of nitrogens with one attached hydrogen (secondary N) is 3. The second-order valence-electron chi connectivity index (χ2n) is 4.81. The summed E-state index contributed by atoms with van der Waals surface area (Å²) in [6, 6.07) is 3.32. The van der Waals surface area contributed by atoms with Gasteiger partial charge in [0, 0.05) is 19.3 Å². The number of rotatable bonds is 7. The van der Waals surface area contributed by atoms with Crippen molar-refractivity contribution in [2.75, 3.05) is 18.6 Å². The van der Waals surface area contributed by atoms with E-state index in [1.54, 1.807) is 12.1 Å². The normalized spacial score (nSPS) is 18.6. The molecule has 1 saturated heterocycles. The molecule has 0 radical (unpaired) electrons. The Morgan fingerprint density at radius 2 is 2.41 bits per heavy atom. The zero-order chi connectivity index (χ0) is 15.8. The molecule has 0 aliphatic carbocycles. The second-order valence-corrected chi connectivity index (χ2v) is 5.25. The van der Waals surface area contributed by atoms with E-state index in [4.69, 9.17) is 16.3 Å². The highest BCUT2D eigenvalue weighted by Gasteiger charge is 2.14. The number of anilines is 1. The molecule has 8 nitrogen and oxygen atoms in total. The SMILES string of the molecule is O=[N+]([O-])/C=C(/NCC1CCCCO1)NNc1ccc(Cl)cn1. The molecule has 1 aromatic heterocycles. The van der Waals surface area contributed by atoms with Gasteiger partial charge in [0.15, 0.2) is 5.82 Å². The highest BCUT2D eigenvalue weighted by molar-refractivity contribution is 6.30. The number of halogens is 1. The van der Waals surface area contributed by atoms with Crippen LogP contribution in [0.5, 0.6) is 0 Å². The fourth-order valence-electron chi connectivity index (χ4n) is 2.00. The van der Waals surface area contributed by atoms with Crippen LogP contribution in [-0.4, -0.2) is 29.2 Å². The van der Waals surface area contributed by atoms with E-state index < -0.39 is 4.92 Å². The Morgan fingerprint density at radius 3 is 3.05 bits per heavy atom. The Hall–Kier alpha value is -2.06. The van der Waals surface area contributed by atoms with E-state index in [0.29, 0.717) is 17.4 Å². The minimum absolute atomic E-state index is 0.0689. The van der Waals surface area contributed by atoms with Gasteiger partial charge in [-0.1, -0.05) is 11.6 Å². The van der Waals surface area contributed by atoms with E-state index in [9.17, 15) is 10.1 Å². The first-order chi connectivity index (χ1) is 10.6. The molecule has 1 aliphatic heterocycles. The number of nitrogens with zero attached hydrogens (tertiary/aromatic N) is 2. The lowest BCUT2D eigenvalue weighted by Gasteiger charge is -2.23. The van der Waals surface area contributed by atoms with Crippen molar-refractivity contribution in [1.82, 2.24) is 15.7 Å². The van der Waals surface area contributed by atoms with Crippen LogP contribution in [0, 0.1) is 10.1 Å². The predicted octanol–water partition coefficient (Wildman–Crippen LogP) is 1.89. The third-order valence-electron chi connectivity index (χ3n) is 3.08. The van der Waals surface area contributed by atoms with Gasteiger partial charge < -0.3 is 10.1 Å². The number of pyridine rings is 1. The molecule has 0 amide bonds. The molecule has 9 heteroatoms. The quantitative estimate of drug-likeness (QED) is 0.519. The van der Waals surface area contributed by atoms with Crippen molar-refractivity contribution in [2.24, 2.45) is 0 Å². The van der Waals surface area contributed by atoms with Crippen LogP contribution in [0.3, 0.4) is 0 Å². The van der Waals surface area contributed by atoms with Crippen LogP contribution in [-0.2, 0) is 4.74 Å². The Bertz CT molecular complexity index is 517. The van der Waals surface area contributed by atoms with Crippen LogP contribution in [0.15, 0.2) is 30.4 Å². The van der Waals surface area contributed by atoms with E-state index in [0.717, 1.165) is 32.1 Å². The molecular formula is C13H18ClN5O3. The first kappa shape index (κ1) is 16.3. The predicted molar refractivity (Wildman–Crippen MR) is 82.7 cm³/mol. The average Bonchev–Trinajstić information content (AvgIpc) is 2.52. The van der Waals surface area contributed by atoms with E-state index in [2.05, 4.69) is 21.2 Å². The summed E-state index contributed by atoms with van der Waals surface area (Å²) in [4.78, 5) is 14.2. The minimum atomic E-state index is -0.534. The summed E-state index contributed by atoms with van der Waals surface area (Å²) in [7, 11) is 0. The summed E-state index contributed by atoms with van der Waals surface area (Å²) in [6.45, 7) is 1.24. The standard InChI is InChI=1S/C13H18ClN5O3/c14-10-4-5-12(15-7-10)17-18-13(9-19(20)21)16-8-11-3-1-2-6-22-11/h4-5,7,9,11,16,18H,1-3,6,8H2,(H,15,17)/b13-9-. The van der Waals surface area contributed by atoms with Crippen LogP contribution in [0.2, 0.25) is 5.02 Å². The van der Waals surface area contributed by atoms with E-state index >= 15 is 0 Å². The third kappa shape index (κ3) is 5.74. The van der Waals surface area contributed by atoms with Crippen molar-refractivity contribution in [3.05, 3.63) is 45.5 Å². The Kier molecular flexibility index (Phi) is 6.23. The average molecular weight is 328 g/mol. The summed E-state index contributed by atoms with van der Waals surface area (Å²) in [5.41, 5.74) is 5.49. The molecular weight excluding hydrogens is 310 g/mol. The van der Waals surface area contributed by atoms with Crippen LogP contribution in [0.4, 0.5) is 5.82 Å². The van der Waals surface area contributed by atoms with Gasteiger partial charge in [-0.25, -0.2) is 4.98 Å². The summed E-state index contributed by atoms with van der Waals surface area (Å²) >= 11 is 5.74. The summed E-state index contributed by atoms with van der Waals surface area (Å²) < 4.78 is 5.57. The Labute approximate surface area is 133 Å². The van der Waals surface area contributed by atoms with Gasteiger partial charge in [0.2, 0.25) is 0 Å². The smallest absolute Gasteiger partial charge is 0.275 e. The molecule has 120 valence electrons. The molecule has 3 N–H and O–H groups in total. The van der Waals surface area contributed by atoms with Crippen molar-refractivity contribution in [3.63, 3.8) is 0 Å². The van der Waals surface area contributed by atoms with E-state index in [-0.39, 0.29) is 11.9 Å². The van der Waals surface area contributed by atoms with Crippen molar-refractivity contribution in [2.45, 2.75) is 25.4 Å². The zero-order valence-electron chi connectivity index (χ0n) is 11.9. The van der Waals surface area contributed by atoms with Gasteiger partial charge in [-0.3, -0.25) is 21.0 Å². The lowest BCUT2D eigenvalue weighted by molar-refractivity contribution is -0.404. The van der Waals surface area contributed by atoms with E-state index in [1.807, 2.05) is 0 Å². The largest absolute Gasteiger partial charge is 0.376 e. The minimum Gasteiger partial charge on any atom is -0.376 e. The van der Waals surface area contributed by atoms with Crippen LogP contribution in [0.25, 0.3) is 0 Å². The molecule has 2 rings (SSSR count). The van der Waals surface area contributed by atoms with Crippen LogP contribution < -0.4 is 16.2 Å². The summed E-state index contributed by atoms with van der Waals surface area (Å²) in [5, 5.41) is 14.2. The molecule has 1 aromatic rings. The number of aromatic nitrogens is 1. The van der Waals surface area contributed by atoms with Crippen molar-refractivity contribution in [1.29, 1.82) is 0 Å². The number of hydrogen-bond donors (Lipinski definition) is 3. The zero-order valence-corrected chi connectivity index (χ0v) is 12.7. The van der Waals surface area contributed by atoms with Gasteiger partial charge in [-0.15, -0.1) is 0 Å². The van der Waals surface area contributed by atoms with Gasteiger partial charge in [-0.2, -0.15) is 0 Å². The second kappa shape index (κ2) is 8.40. The Morgan fingerprint density at radius 1 is 1.55 bits per heavy atom. The molecule has 1 unspecified atom stereocenters. The molecule has 22 heavy (non-hydrogen) atoms. The third-order valence-corrected chi connectivity index (χ3v) is 3.30. The number of hydrogen-bond acceptors (Lipinski definition) is 7. The summed E-state index contributed by atoms with van der Waals surface area (Å²) in [6.07, 6.45) is 5.53. The van der Waals surface area contributed by atoms with Crippen molar-refractivity contribution in [3.8, 4) is 0 Å². The molecule has 1 atom stereocenters. The number of hydrazine groups is 1. The molecule has 0 saturated carbocycles. The maximum Gasteiger partial charge on any atom is 0.275 e. The fourth-order valence-corrected chi connectivity index (χ4v) is 2.11. The lowest BCUT2D eigenvalue weighted by atomic mass is 10.1. The van der Waals surface area contributed by atoms with Gasteiger partial charge in [-0.05, 0) is 31.4 Å². The van der Waals surface area contributed by atoms with Gasteiger partial charge in [0.05, 0.1) is 16.0 Å². The van der Waals surface area contributed by atoms with Crippen molar-refractivity contribution >= 4 is 17.4 Å². The van der Waals surface area contributed by atoms with Gasteiger partial charge >= 0.3 is 0 Å². The first-order valence-corrected chi connectivity index (χ1v) is 7.35. The van der Waals surface area contributed by atoms with Gasteiger partial charge in [0.25, 0.3) is 6.20 Å². The van der Waals surface area contributed by atoms with Crippen LogP contribution in [0.1, 0.15) is 19.3 Å². The maximum atomic E-state index is 10.7. The number of nitro groups is 1. The summed E-state index contributed by atoms with van der Waals surface area (Å²) in [5.74, 6) is 0.727. The number of ether oxygens (including phenoxy) is 1. The first-order valence-electron chi connectivity index (χ1n) is 6.98. The van der Waals surface area contributed by atoms with E-state index in [1.165, 1.54) is 6.20 Å². The van der Waals surface area contributed by atoms with Crippen LogP contribution >= 0.6 is 11.6 Å².